The van der Waals surface area contributed by atoms with Crippen molar-refractivity contribution in [2.75, 3.05) is 31.6 Å². The van der Waals surface area contributed by atoms with Crippen molar-refractivity contribution in [3.05, 3.63) is 65.0 Å². The third kappa shape index (κ3) is 6.21. The monoisotopic (exact) mass is 488 g/mol. The van der Waals surface area contributed by atoms with Crippen molar-refractivity contribution in [3.63, 3.8) is 0 Å². The zero-order valence-corrected chi connectivity index (χ0v) is 19.5. The Bertz CT molecular complexity index is 1330. The Labute approximate surface area is 196 Å². The lowest BCUT2D eigenvalue weighted by Gasteiger charge is -2.18. The number of amides is 1. The Balaban J connectivity index is 1.48. The van der Waals surface area contributed by atoms with Gasteiger partial charge in [0.05, 0.1) is 4.90 Å². The summed E-state index contributed by atoms with van der Waals surface area (Å²) in [5.41, 5.74) is 0.164. The van der Waals surface area contributed by atoms with Crippen LogP contribution in [0.25, 0.3) is 11.0 Å². The normalized spacial score (nSPS) is 11.4. The number of hydrogen-bond donors (Lipinski definition) is 1. The number of carbonyl (C=O) groups excluding carboxylic acids is 2. The van der Waals surface area contributed by atoms with E-state index in [1.807, 2.05) is 0 Å². The molecule has 0 radical (unpaired) electrons. The molecule has 0 aliphatic rings. The predicted molar refractivity (Wildman–Crippen MR) is 124 cm³/mol. The Morgan fingerprint density at radius 2 is 1.65 bits per heavy atom. The van der Waals surface area contributed by atoms with Crippen molar-refractivity contribution in [3.8, 4) is 5.75 Å². The van der Waals surface area contributed by atoms with Crippen LogP contribution in [0.4, 0.5) is 5.69 Å². The minimum absolute atomic E-state index is 0.116. The molecule has 11 heteroatoms. The molecule has 1 N–H and O–H groups in total. The lowest BCUT2D eigenvalue weighted by Crippen LogP contribution is -2.30. The first-order chi connectivity index (χ1) is 16.2. The van der Waals surface area contributed by atoms with Crippen molar-refractivity contribution < 1.29 is 31.9 Å². The van der Waals surface area contributed by atoms with E-state index in [2.05, 4.69) is 5.32 Å². The summed E-state index contributed by atoms with van der Waals surface area (Å²) in [6.45, 7) is 3.21. The van der Waals surface area contributed by atoms with E-state index in [1.165, 1.54) is 40.7 Å². The maximum Gasteiger partial charge on any atom is 0.344 e. The van der Waals surface area contributed by atoms with Crippen LogP contribution in [0.15, 0.2) is 68.7 Å². The van der Waals surface area contributed by atoms with Crippen LogP contribution in [-0.4, -0.2) is 50.9 Å². The number of esters is 1. The number of fused-ring (bicyclic) bond motifs is 1. The maximum absolute atomic E-state index is 12.5. The molecule has 0 aliphatic carbocycles. The molecule has 1 aromatic heterocycles. The highest BCUT2D eigenvalue weighted by atomic mass is 32.2. The van der Waals surface area contributed by atoms with E-state index in [-0.39, 0.29) is 4.90 Å². The number of nitrogens with zero attached hydrogens (tertiary/aromatic N) is 1. The van der Waals surface area contributed by atoms with Gasteiger partial charge in [0.25, 0.3) is 5.91 Å². The topological polar surface area (TPSA) is 132 Å². The summed E-state index contributed by atoms with van der Waals surface area (Å²) >= 11 is 0. The van der Waals surface area contributed by atoms with Crippen molar-refractivity contribution in [1.82, 2.24) is 4.31 Å². The highest BCUT2D eigenvalue weighted by molar-refractivity contribution is 7.89. The summed E-state index contributed by atoms with van der Waals surface area (Å²) < 4.78 is 41.6. The first kappa shape index (κ1) is 24.9. The molecule has 0 saturated carbocycles. The molecule has 0 fully saturated rings. The second-order valence-corrected chi connectivity index (χ2v) is 9.00. The van der Waals surface area contributed by atoms with Crippen molar-refractivity contribution in [2.45, 2.75) is 18.7 Å². The third-order valence-corrected chi connectivity index (χ3v) is 6.86. The van der Waals surface area contributed by atoms with Crippen molar-refractivity contribution in [2.24, 2.45) is 0 Å². The Morgan fingerprint density at radius 1 is 0.971 bits per heavy atom. The first-order valence-electron chi connectivity index (χ1n) is 10.5. The van der Waals surface area contributed by atoms with Crippen molar-refractivity contribution in [1.29, 1.82) is 0 Å². The van der Waals surface area contributed by atoms with E-state index < -0.39 is 40.7 Å². The third-order valence-electron chi connectivity index (χ3n) is 4.80. The molecule has 2 aromatic carbocycles. The molecule has 180 valence electrons. The molecular weight excluding hydrogens is 464 g/mol. The number of hydrogen-bond acceptors (Lipinski definition) is 8. The Kier molecular flexibility index (Phi) is 8.03. The molecule has 0 saturated heterocycles. The van der Waals surface area contributed by atoms with Gasteiger partial charge < -0.3 is 19.2 Å². The minimum atomic E-state index is -3.60. The van der Waals surface area contributed by atoms with E-state index in [4.69, 9.17) is 13.9 Å². The predicted octanol–water partition coefficient (Wildman–Crippen LogP) is 2.38. The van der Waals surface area contributed by atoms with Gasteiger partial charge in [-0.15, -0.1) is 0 Å². The largest absolute Gasteiger partial charge is 0.482 e. The second-order valence-electron chi connectivity index (χ2n) is 7.07. The highest BCUT2D eigenvalue weighted by Crippen LogP contribution is 2.20. The second kappa shape index (κ2) is 10.9. The average Bonchev–Trinajstić information content (AvgIpc) is 2.82. The lowest BCUT2D eigenvalue weighted by molar-refractivity contribution is -0.149. The first-order valence-corrected chi connectivity index (χ1v) is 11.9. The van der Waals surface area contributed by atoms with Gasteiger partial charge in [-0.25, -0.2) is 18.0 Å². The summed E-state index contributed by atoms with van der Waals surface area (Å²) in [7, 11) is -3.60. The number of carbonyl (C=O) groups is 2. The van der Waals surface area contributed by atoms with Crippen molar-refractivity contribution >= 4 is 38.6 Å². The van der Waals surface area contributed by atoms with E-state index in [0.717, 1.165) is 0 Å². The van der Waals surface area contributed by atoms with Gasteiger partial charge in [0.15, 0.2) is 13.2 Å². The maximum atomic E-state index is 12.5. The summed E-state index contributed by atoms with van der Waals surface area (Å²) in [5, 5.41) is 3.22. The molecule has 10 nitrogen and oxygen atoms in total. The van der Waals surface area contributed by atoms with Gasteiger partial charge in [-0.3, -0.25) is 4.79 Å². The van der Waals surface area contributed by atoms with Crippen LogP contribution in [0.1, 0.15) is 13.8 Å². The van der Waals surface area contributed by atoms with Gasteiger partial charge in [0.1, 0.15) is 11.3 Å². The summed E-state index contributed by atoms with van der Waals surface area (Å²) in [6, 6.07) is 13.4. The quantitative estimate of drug-likeness (QED) is 0.340. The minimum Gasteiger partial charge on any atom is -0.482 e. The van der Waals surface area contributed by atoms with E-state index in [9.17, 15) is 22.8 Å². The number of ether oxygens (including phenoxy) is 2. The molecule has 0 unspecified atom stereocenters. The van der Waals surface area contributed by atoms with Gasteiger partial charge in [0.2, 0.25) is 10.0 Å². The molecule has 0 spiro atoms. The SMILES string of the molecule is CCN(CC)S(=O)(=O)c1ccc(NC(=O)COC(=O)COc2ccc3ccc(=O)oc3c2)cc1. The number of rotatable bonds is 10. The highest BCUT2D eigenvalue weighted by Gasteiger charge is 2.21. The fourth-order valence-corrected chi connectivity index (χ4v) is 4.54. The number of anilines is 1. The van der Waals surface area contributed by atoms with Gasteiger partial charge in [0, 0.05) is 36.3 Å². The van der Waals surface area contributed by atoms with Crippen LogP contribution in [0.3, 0.4) is 0 Å². The van der Waals surface area contributed by atoms with Crippen LogP contribution >= 0.6 is 0 Å². The summed E-state index contributed by atoms with van der Waals surface area (Å²) in [6.07, 6.45) is 0. The molecule has 3 aromatic rings. The molecule has 0 atom stereocenters. The fourth-order valence-electron chi connectivity index (χ4n) is 3.08. The Hall–Kier alpha value is -3.70. The molecule has 0 aliphatic heterocycles. The van der Waals surface area contributed by atoms with Crippen LogP contribution in [0, 0.1) is 0 Å². The van der Waals surface area contributed by atoms with E-state index in [0.29, 0.717) is 35.5 Å². The summed E-state index contributed by atoms with van der Waals surface area (Å²) in [5.74, 6) is -1.08. The molecule has 34 heavy (non-hydrogen) atoms. The van der Waals surface area contributed by atoms with E-state index >= 15 is 0 Å². The van der Waals surface area contributed by atoms with Crippen LogP contribution in [0.2, 0.25) is 0 Å². The lowest BCUT2D eigenvalue weighted by atomic mass is 10.2. The molecular formula is C23H24N2O8S. The summed E-state index contributed by atoms with van der Waals surface area (Å²) in [4.78, 5) is 35.4. The number of benzene rings is 2. The van der Waals surface area contributed by atoms with Gasteiger partial charge >= 0.3 is 11.6 Å². The molecule has 1 amide bonds. The van der Waals surface area contributed by atoms with Crippen LogP contribution in [-0.2, 0) is 24.3 Å². The molecule has 0 bridgehead atoms. The van der Waals surface area contributed by atoms with Crippen LogP contribution < -0.4 is 15.7 Å². The van der Waals surface area contributed by atoms with Gasteiger partial charge in [-0.2, -0.15) is 4.31 Å². The van der Waals surface area contributed by atoms with E-state index in [1.54, 1.807) is 32.0 Å². The number of sulfonamides is 1. The standard InChI is InChI=1S/C23H24N2O8S/c1-3-25(4-2)34(29,30)19-10-7-17(8-11-19)24-21(26)14-32-23(28)15-31-18-9-5-16-6-12-22(27)33-20(16)13-18/h5-13H,3-4,14-15H2,1-2H3,(H,24,26). The zero-order chi connectivity index (χ0) is 24.7. The Morgan fingerprint density at radius 3 is 2.32 bits per heavy atom. The molecule has 1 heterocycles. The smallest absolute Gasteiger partial charge is 0.344 e. The number of nitrogens with one attached hydrogen (secondary N) is 1. The molecule has 3 rings (SSSR count). The van der Waals surface area contributed by atoms with Crippen LogP contribution in [0.5, 0.6) is 5.75 Å². The zero-order valence-electron chi connectivity index (χ0n) is 18.6. The fraction of sp³-hybridized carbons (Fsp3) is 0.261. The average molecular weight is 489 g/mol. The van der Waals surface area contributed by atoms with Gasteiger partial charge in [-0.05, 0) is 42.5 Å². The van der Waals surface area contributed by atoms with Gasteiger partial charge in [-0.1, -0.05) is 13.8 Å².